The van der Waals surface area contributed by atoms with E-state index in [1.165, 1.54) is 11.1 Å². The van der Waals surface area contributed by atoms with E-state index < -0.39 is 0 Å². The third-order valence-electron chi connectivity index (χ3n) is 3.74. The number of rotatable bonds is 5. The van der Waals surface area contributed by atoms with Gasteiger partial charge in [0, 0.05) is 11.5 Å². The summed E-state index contributed by atoms with van der Waals surface area (Å²) in [6.45, 7) is 2.89. The van der Waals surface area contributed by atoms with Gasteiger partial charge in [0.05, 0.1) is 12.6 Å². The van der Waals surface area contributed by atoms with E-state index in [9.17, 15) is 0 Å². The van der Waals surface area contributed by atoms with Gasteiger partial charge in [-0.3, -0.25) is 5.32 Å². The molecular weight excluding hydrogens is 278 g/mol. The minimum Gasteiger partial charge on any atom is -0.358 e. The minimum atomic E-state index is -0.236. The largest absolute Gasteiger partial charge is 0.358 e. The minimum absolute atomic E-state index is 0.236. The van der Waals surface area contributed by atoms with Crippen LogP contribution >= 0.6 is 11.8 Å². The molecule has 2 nitrogen and oxygen atoms in total. The number of hydrogen-bond donors (Lipinski definition) is 1. The molecule has 110 valence electrons. The SMILES string of the molecule is C[C@@]1(CSCc2ccccc2)NC(c2ccccc2)CO1. The summed E-state index contributed by atoms with van der Waals surface area (Å²) in [5.41, 5.74) is 2.43. The van der Waals surface area contributed by atoms with E-state index in [1.807, 2.05) is 17.8 Å². The summed E-state index contributed by atoms with van der Waals surface area (Å²) in [7, 11) is 0. The highest BCUT2D eigenvalue weighted by atomic mass is 32.2. The fraction of sp³-hybridized carbons (Fsp3) is 0.333. The molecule has 1 N–H and O–H groups in total. The number of ether oxygens (including phenoxy) is 1. The second kappa shape index (κ2) is 6.65. The van der Waals surface area contributed by atoms with Crippen molar-refractivity contribution in [3.05, 3.63) is 71.8 Å². The number of thioether (sulfide) groups is 1. The van der Waals surface area contributed by atoms with Crippen LogP contribution in [0.1, 0.15) is 24.1 Å². The molecule has 2 aromatic rings. The Labute approximate surface area is 130 Å². The molecule has 1 aliphatic rings. The summed E-state index contributed by atoms with van der Waals surface area (Å²) in [6, 6.07) is 21.4. The Morgan fingerprint density at radius 1 is 1.10 bits per heavy atom. The Morgan fingerprint density at radius 2 is 1.76 bits per heavy atom. The van der Waals surface area contributed by atoms with Crippen molar-refractivity contribution in [3.8, 4) is 0 Å². The molecule has 3 rings (SSSR count). The smallest absolute Gasteiger partial charge is 0.126 e. The first kappa shape index (κ1) is 14.6. The van der Waals surface area contributed by atoms with Gasteiger partial charge >= 0.3 is 0 Å². The van der Waals surface area contributed by atoms with E-state index in [0.29, 0.717) is 6.04 Å². The van der Waals surface area contributed by atoms with Gasteiger partial charge in [-0.2, -0.15) is 11.8 Å². The van der Waals surface area contributed by atoms with E-state index in [0.717, 1.165) is 18.1 Å². The van der Waals surface area contributed by atoms with E-state index >= 15 is 0 Å². The number of benzene rings is 2. The van der Waals surface area contributed by atoms with Crippen molar-refractivity contribution in [1.29, 1.82) is 0 Å². The molecule has 0 spiro atoms. The Hall–Kier alpha value is -1.29. The van der Waals surface area contributed by atoms with Gasteiger partial charge in [0.1, 0.15) is 5.72 Å². The van der Waals surface area contributed by atoms with Crippen LogP contribution < -0.4 is 5.32 Å². The first-order chi connectivity index (χ1) is 10.3. The molecule has 0 bridgehead atoms. The first-order valence-electron chi connectivity index (χ1n) is 7.33. The van der Waals surface area contributed by atoms with Gasteiger partial charge in [-0.15, -0.1) is 0 Å². The van der Waals surface area contributed by atoms with Gasteiger partial charge in [-0.25, -0.2) is 0 Å². The molecule has 21 heavy (non-hydrogen) atoms. The van der Waals surface area contributed by atoms with E-state index in [2.05, 4.69) is 66.8 Å². The van der Waals surface area contributed by atoms with Crippen LogP contribution in [0.2, 0.25) is 0 Å². The van der Waals surface area contributed by atoms with Gasteiger partial charge in [0.2, 0.25) is 0 Å². The standard InChI is InChI=1S/C18H21NOS/c1-18(14-21-13-15-8-4-2-5-9-15)19-17(12-20-18)16-10-6-3-7-11-16/h2-11,17,19H,12-14H2,1H3/t17?,18-/m1/s1. The molecule has 0 aromatic heterocycles. The normalized spacial score (nSPS) is 25.1. The molecule has 3 heteroatoms. The zero-order valence-corrected chi connectivity index (χ0v) is 13.1. The fourth-order valence-corrected chi connectivity index (χ4v) is 3.69. The van der Waals surface area contributed by atoms with Crippen molar-refractivity contribution in [2.75, 3.05) is 12.4 Å². The first-order valence-corrected chi connectivity index (χ1v) is 8.49. The van der Waals surface area contributed by atoms with Crippen molar-refractivity contribution in [2.45, 2.75) is 24.4 Å². The Bertz CT molecular complexity index is 560. The van der Waals surface area contributed by atoms with Gasteiger partial charge in [-0.1, -0.05) is 60.7 Å². The van der Waals surface area contributed by atoms with Crippen LogP contribution in [0.3, 0.4) is 0 Å². The summed E-state index contributed by atoms with van der Waals surface area (Å²) in [5.74, 6) is 1.97. The summed E-state index contributed by atoms with van der Waals surface area (Å²) in [5, 5.41) is 3.63. The Balaban J connectivity index is 1.52. The lowest BCUT2D eigenvalue weighted by Gasteiger charge is -2.24. The highest BCUT2D eigenvalue weighted by Crippen LogP contribution is 2.29. The molecule has 1 heterocycles. The Kier molecular flexibility index (Phi) is 4.63. The topological polar surface area (TPSA) is 21.3 Å². The van der Waals surface area contributed by atoms with Crippen LogP contribution in [0.25, 0.3) is 0 Å². The van der Waals surface area contributed by atoms with Crippen LogP contribution in [0, 0.1) is 0 Å². The molecule has 2 atom stereocenters. The van der Waals surface area contributed by atoms with Gasteiger partial charge < -0.3 is 4.74 Å². The second-order valence-corrected chi connectivity index (χ2v) is 6.61. The lowest BCUT2D eigenvalue weighted by atomic mass is 10.1. The monoisotopic (exact) mass is 299 g/mol. The summed E-state index contributed by atoms with van der Waals surface area (Å²) >= 11 is 1.91. The van der Waals surface area contributed by atoms with Crippen molar-refractivity contribution in [3.63, 3.8) is 0 Å². The van der Waals surface area contributed by atoms with Crippen molar-refractivity contribution >= 4 is 11.8 Å². The van der Waals surface area contributed by atoms with E-state index in [4.69, 9.17) is 4.74 Å². The Morgan fingerprint density at radius 3 is 2.48 bits per heavy atom. The van der Waals surface area contributed by atoms with Crippen LogP contribution in [-0.4, -0.2) is 18.1 Å². The lowest BCUT2D eigenvalue weighted by molar-refractivity contribution is 0.0274. The van der Waals surface area contributed by atoms with Crippen LogP contribution in [-0.2, 0) is 10.5 Å². The molecule has 0 radical (unpaired) electrons. The van der Waals surface area contributed by atoms with E-state index in [1.54, 1.807) is 0 Å². The predicted molar refractivity (Wildman–Crippen MR) is 89.3 cm³/mol. The molecule has 2 aromatic carbocycles. The van der Waals surface area contributed by atoms with Gasteiger partial charge in [0.25, 0.3) is 0 Å². The average molecular weight is 299 g/mol. The summed E-state index contributed by atoms with van der Waals surface area (Å²) < 4.78 is 6.01. The molecule has 1 fully saturated rings. The molecule has 1 saturated heterocycles. The maximum absolute atomic E-state index is 6.01. The van der Waals surface area contributed by atoms with E-state index in [-0.39, 0.29) is 5.72 Å². The van der Waals surface area contributed by atoms with Crippen LogP contribution in [0.5, 0.6) is 0 Å². The number of nitrogens with one attached hydrogen (secondary N) is 1. The van der Waals surface area contributed by atoms with Crippen molar-refractivity contribution in [2.24, 2.45) is 0 Å². The molecule has 0 saturated carbocycles. The zero-order chi connectivity index (χ0) is 14.5. The van der Waals surface area contributed by atoms with Gasteiger partial charge in [-0.05, 0) is 18.1 Å². The second-order valence-electron chi connectivity index (χ2n) is 5.63. The third-order valence-corrected chi connectivity index (χ3v) is 5.03. The highest BCUT2D eigenvalue weighted by Gasteiger charge is 2.35. The van der Waals surface area contributed by atoms with Crippen molar-refractivity contribution < 1.29 is 4.74 Å². The lowest BCUT2D eigenvalue weighted by Crippen LogP contribution is -2.41. The maximum atomic E-state index is 6.01. The third kappa shape index (κ3) is 3.88. The fourth-order valence-electron chi connectivity index (χ4n) is 2.61. The predicted octanol–water partition coefficient (Wildman–Crippen LogP) is 4.00. The molecule has 1 unspecified atom stereocenters. The van der Waals surface area contributed by atoms with Crippen molar-refractivity contribution in [1.82, 2.24) is 5.32 Å². The molecular formula is C18H21NOS. The molecule has 1 aliphatic heterocycles. The summed E-state index contributed by atoms with van der Waals surface area (Å²) in [4.78, 5) is 0. The maximum Gasteiger partial charge on any atom is 0.126 e. The van der Waals surface area contributed by atoms with Gasteiger partial charge in [0.15, 0.2) is 0 Å². The highest BCUT2D eigenvalue weighted by molar-refractivity contribution is 7.98. The average Bonchev–Trinajstić information content (AvgIpc) is 2.92. The molecule has 0 amide bonds. The van der Waals surface area contributed by atoms with Crippen LogP contribution in [0.4, 0.5) is 0 Å². The van der Waals surface area contributed by atoms with Crippen LogP contribution in [0.15, 0.2) is 60.7 Å². The zero-order valence-electron chi connectivity index (χ0n) is 12.3. The number of hydrogen-bond acceptors (Lipinski definition) is 3. The molecule has 0 aliphatic carbocycles. The summed E-state index contributed by atoms with van der Waals surface area (Å²) in [6.07, 6.45) is 0. The quantitative estimate of drug-likeness (QED) is 0.902.